The molecule has 0 bridgehead atoms. The van der Waals surface area contributed by atoms with E-state index in [-0.39, 0.29) is 89.0 Å². The van der Waals surface area contributed by atoms with Crippen LogP contribution in [0.4, 0.5) is 0 Å². The molecule has 29 heteroatoms. The second-order valence-electron chi connectivity index (χ2n) is 19.0. The Hall–Kier alpha value is -6.86. The monoisotopic (exact) mass is 1120 g/mol. The number of benzene rings is 1. The number of likely N-dealkylation sites (tertiary alicyclic amines) is 1. The van der Waals surface area contributed by atoms with Crippen LogP contribution < -0.4 is 82.5 Å². The highest BCUT2D eigenvalue weighted by Crippen LogP contribution is 2.21. The van der Waals surface area contributed by atoms with Crippen molar-refractivity contribution >= 4 is 59.1 Å². The van der Waals surface area contributed by atoms with Crippen molar-refractivity contribution in [2.24, 2.45) is 50.9 Å². The molecule has 1 heterocycles. The third-order valence-electron chi connectivity index (χ3n) is 12.9. The van der Waals surface area contributed by atoms with E-state index in [1.165, 1.54) is 18.1 Å². The number of methoxy groups -OCH3 is 1. The quantitative estimate of drug-likeness (QED) is 0.0126. The van der Waals surface area contributed by atoms with Crippen molar-refractivity contribution in [2.75, 3.05) is 59.5 Å². The van der Waals surface area contributed by atoms with Crippen LogP contribution in [0.25, 0.3) is 0 Å². The standard InChI is InChI=1S/C50H86N16O13/c1-79-31-17-14-29(15-18-31)25-35(44(72)62-33(11-3-5-21-52)37(67)19-16-30(49(77)78)9-7-23-59-50(57)58)63-45(73)36-13-8-24-66(36)48(76)34(12-6-22-53)61-40(70)28-60-46(74)41(38(68)26-54)65-47(75)42(39(69)27-55)64-43(71)32(56)10-2-4-20-51/h9,14-15,17-18,32-36,38-39,41-42,68-69H,2-8,10-13,16,19-28,51-56H2,1H3,(H,60,74)(H,61,70)(H,62,72)(H,63,73)(H,64,71)(H,65,75)(H,77,78)(H4,57,58,59)/b30-9+/t32-,33-,34+,35-,36-,38-,39-,41-,42-/m0/s1. The lowest BCUT2D eigenvalue weighted by molar-refractivity contribution is -0.142. The van der Waals surface area contributed by atoms with Gasteiger partial charge in [0.15, 0.2) is 11.7 Å². The number of hydrogen-bond donors (Lipinski definition) is 17. The van der Waals surface area contributed by atoms with Crippen LogP contribution in [-0.4, -0.2) is 193 Å². The lowest BCUT2D eigenvalue weighted by atomic mass is 9.97. The van der Waals surface area contributed by atoms with Crippen molar-refractivity contribution < 1.29 is 63.2 Å². The molecule has 79 heavy (non-hydrogen) atoms. The molecule has 0 saturated carbocycles. The summed E-state index contributed by atoms with van der Waals surface area (Å²) in [6, 6.07) is -2.73. The van der Waals surface area contributed by atoms with Gasteiger partial charge in [-0.15, -0.1) is 0 Å². The fourth-order valence-corrected chi connectivity index (χ4v) is 8.41. The van der Waals surface area contributed by atoms with Gasteiger partial charge in [0.05, 0.1) is 37.9 Å². The molecule has 2 rings (SSSR count). The number of nitrogens with two attached hydrogens (primary N) is 8. The zero-order valence-electron chi connectivity index (χ0n) is 45.1. The van der Waals surface area contributed by atoms with Crippen LogP contribution in [0.2, 0.25) is 0 Å². The Morgan fingerprint density at radius 3 is 1.90 bits per heavy atom. The van der Waals surface area contributed by atoms with Gasteiger partial charge in [-0.3, -0.25) is 43.3 Å². The van der Waals surface area contributed by atoms with Crippen LogP contribution in [0.1, 0.15) is 89.0 Å². The number of unbranched alkanes of at least 4 members (excludes halogenated alkanes) is 2. The molecule has 9 atom stereocenters. The minimum atomic E-state index is -1.82. The Labute approximate surface area is 459 Å². The highest BCUT2D eigenvalue weighted by molar-refractivity contribution is 5.98. The van der Waals surface area contributed by atoms with Gasteiger partial charge in [0, 0.05) is 44.6 Å². The van der Waals surface area contributed by atoms with Gasteiger partial charge in [-0.2, -0.15) is 0 Å². The van der Waals surface area contributed by atoms with Crippen LogP contribution in [-0.2, 0) is 49.6 Å². The molecular weight excluding hydrogens is 1030 g/mol. The second kappa shape index (κ2) is 37.1. The zero-order valence-corrected chi connectivity index (χ0v) is 45.1. The van der Waals surface area contributed by atoms with E-state index >= 15 is 0 Å². The van der Waals surface area contributed by atoms with E-state index in [2.05, 4.69) is 36.9 Å². The summed E-state index contributed by atoms with van der Waals surface area (Å²) >= 11 is 0. The largest absolute Gasteiger partial charge is 0.497 e. The summed E-state index contributed by atoms with van der Waals surface area (Å²) in [5.41, 5.74) is 45.5. The topological polar surface area (TPSA) is 519 Å². The van der Waals surface area contributed by atoms with Crippen molar-refractivity contribution in [3.8, 4) is 5.75 Å². The van der Waals surface area contributed by atoms with E-state index in [1.54, 1.807) is 24.3 Å². The van der Waals surface area contributed by atoms with Crippen molar-refractivity contribution in [3.63, 3.8) is 0 Å². The third kappa shape index (κ3) is 24.4. The van der Waals surface area contributed by atoms with Crippen molar-refractivity contribution in [2.45, 2.75) is 144 Å². The third-order valence-corrected chi connectivity index (χ3v) is 12.9. The van der Waals surface area contributed by atoms with E-state index < -0.39 is 127 Å². The van der Waals surface area contributed by atoms with E-state index in [0.717, 1.165) is 0 Å². The predicted octanol–water partition coefficient (Wildman–Crippen LogP) is -6.24. The number of nitrogens with zero attached hydrogens (tertiary/aromatic N) is 2. The molecule has 29 nitrogen and oxygen atoms in total. The van der Waals surface area contributed by atoms with Gasteiger partial charge in [0.2, 0.25) is 41.4 Å². The molecule has 0 aromatic heterocycles. The number of carbonyl (C=O) groups is 9. The minimum absolute atomic E-state index is 0.00146. The SMILES string of the molecule is COc1ccc(C[C@H](NC(=O)[C@@H]2CCCN2C(=O)[C@@H](CCCN)NC(=O)CNC(=O)[C@@H](NC(=O)[C@@H](NC(=O)[C@@H](N)CCCCN)[C@@H](O)CN)[C@@H](O)CN)C(=O)N[C@@H](CCCCN)C(=O)CC/C(=C\CCN=C(N)N)C(=O)O)cc1. The lowest BCUT2D eigenvalue weighted by Crippen LogP contribution is -2.63. The maximum atomic E-state index is 14.3. The summed E-state index contributed by atoms with van der Waals surface area (Å²) in [4.78, 5) is 127. The summed E-state index contributed by atoms with van der Waals surface area (Å²) in [7, 11) is 1.48. The molecule has 1 aliphatic rings. The van der Waals surface area contributed by atoms with Crippen LogP contribution in [0, 0.1) is 0 Å². The molecule has 0 spiro atoms. The Morgan fingerprint density at radius 2 is 1.32 bits per heavy atom. The number of hydrogen-bond acceptors (Lipinski definition) is 19. The van der Waals surface area contributed by atoms with Gasteiger partial charge >= 0.3 is 5.97 Å². The Kier molecular flexibility index (Phi) is 32.0. The Balaban J connectivity index is 2.32. The first-order valence-corrected chi connectivity index (χ1v) is 26.5. The van der Waals surface area contributed by atoms with E-state index in [1.807, 2.05) is 0 Å². The molecule has 0 radical (unpaired) electrons. The number of rotatable bonds is 39. The maximum absolute atomic E-state index is 14.3. The van der Waals surface area contributed by atoms with E-state index in [0.29, 0.717) is 56.5 Å². The first-order valence-electron chi connectivity index (χ1n) is 26.5. The number of carboxylic acid groups (broad SMARTS) is 1. The molecule has 25 N–H and O–H groups in total. The number of aliphatic carboxylic acids is 1. The Morgan fingerprint density at radius 1 is 0.722 bits per heavy atom. The summed E-state index contributed by atoms with van der Waals surface area (Å²) in [6.07, 6.45) is 0.921. The zero-order chi connectivity index (χ0) is 59.0. The van der Waals surface area contributed by atoms with Crippen molar-refractivity contribution in [3.05, 3.63) is 41.5 Å². The molecule has 444 valence electrons. The number of ether oxygens (including phenoxy) is 1. The van der Waals surface area contributed by atoms with E-state index in [9.17, 15) is 58.5 Å². The van der Waals surface area contributed by atoms with Gasteiger partial charge < -0.3 is 103 Å². The number of aliphatic imine (C=N–C) groups is 1. The number of nitrogens with one attached hydrogen (secondary N) is 6. The molecule has 1 aromatic carbocycles. The van der Waals surface area contributed by atoms with Crippen LogP contribution in [0.15, 0.2) is 40.9 Å². The minimum Gasteiger partial charge on any atom is -0.497 e. The number of carbonyl (C=O) groups excluding carboxylic acids is 8. The van der Waals surface area contributed by atoms with Crippen molar-refractivity contribution in [1.82, 2.24) is 36.8 Å². The first kappa shape index (κ1) is 68.2. The van der Waals surface area contributed by atoms with Gasteiger partial charge in [0.25, 0.3) is 0 Å². The summed E-state index contributed by atoms with van der Waals surface area (Å²) in [5, 5.41) is 46.0. The molecule has 1 aliphatic heterocycles. The predicted molar refractivity (Wildman–Crippen MR) is 292 cm³/mol. The fourth-order valence-electron chi connectivity index (χ4n) is 8.41. The molecule has 1 saturated heterocycles. The summed E-state index contributed by atoms with van der Waals surface area (Å²) in [6.45, 7) is -0.868. The van der Waals surface area contributed by atoms with Gasteiger partial charge in [-0.1, -0.05) is 24.6 Å². The van der Waals surface area contributed by atoms with Gasteiger partial charge in [-0.05, 0) is 108 Å². The lowest BCUT2D eigenvalue weighted by Gasteiger charge is -2.30. The fraction of sp³-hybridized carbons (Fsp3) is 0.640. The normalized spacial score (nSPS) is 16.3. The van der Waals surface area contributed by atoms with E-state index in [4.69, 9.17) is 50.6 Å². The number of guanidine groups is 1. The number of ketones is 1. The van der Waals surface area contributed by atoms with Crippen molar-refractivity contribution in [1.29, 1.82) is 0 Å². The molecule has 1 fully saturated rings. The average Bonchev–Trinajstić information content (AvgIpc) is 3.97. The number of amides is 7. The summed E-state index contributed by atoms with van der Waals surface area (Å²) in [5.74, 6) is -7.39. The molecule has 1 aromatic rings. The Bertz CT molecular complexity index is 2200. The number of carboxylic acids is 1. The smallest absolute Gasteiger partial charge is 0.331 e. The van der Waals surface area contributed by atoms with Crippen LogP contribution >= 0.6 is 0 Å². The first-order chi connectivity index (χ1) is 37.7. The van der Waals surface area contributed by atoms with Gasteiger partial charge in [-0.25, -0.2) is 4.79 Å². The molecule has 7 amide bonds. The van der Waals surface area contributed by atoms with Gasteiger partial charge in [0.1, 0.15) is 36.0 Å². The van der Waals surface area contributed by atoms with Crippen LogP contribution in [0.3, 0.4) is 0 Å². The molecule has 0 aliphatic carbocycles. The highest BCUT2D eigenvalue weighted by atomic mass is 16.5. The highest BCUT2D eigenvalue weighted by Gasteiger charge is 2.40. The number of Topliss-reactive ketones (excluding diaryl/α,β-unsaturated/α-hetero) is 1. The second-order valence-corrected chi connectivity index (χ2v) is 19.0. The van der Waals surface area contributed by atoms with Crippen LogP contribution in [0.5, 0.6) is 5.75 Å². The molecular formula is C50H86N16O13. The maximum Gasteiger partial charge on any atom is 0.331 e. The average molecular weight is 1120 g/mol. The number of aliphatic hydroxyl groups is 2. The summed E-state index contributed by atoms with van der Waals surface area (Å²) < 4.78 is 5.28. The molecule has 0 unspecified atom stereocenters. The number of aliphatic hydroxyl groups excluding tert-OH is 2.